The van der Waals surface area contributed by atoms with E-state index in [1.165, 1.54) is 0 Å². The first kappa shape index (κ1) is 18.2. The Balaban J connectivity index is 1.61. The van der Waals surface area contributed by atoms with Gasteiger partial charge in [-0.25, -0.2) is 18.4 Å². The van der Waals surface area contributed by atoms with Gasteiger partial charge >= 0.3 is 0 Å². The van der Waals surface area contributed by atoms with E-state index in [1.807, 2.05) is 61.8 Å². The molecule has 2 aromatic carbocycles. The fourth-order valence-corrected chi connectivity index (χ4v) is 4.48. The number of sulfonamides is 1. The molecule has 0 spiro atoms. The summed E-state index contributed by atoms with van der Waals surface area (Å²) in [6, 6.07) is 12.6. The molecule has 0 bridgehead atoms. The van der Waals surface area contributed by atoms with Gasteiger partial charge in [-0.1, -0.05) is 18.2 Å². The van der Waals surface area contributed by atoms with Gasteiger partial charge < -0.3 is 0 Å². The monoisotopic (exact) mass is 392 g/mol. The van der Waals surface area contributed by atoms with Crippen LogP contribution in [0.3, 0.4) is 0 Å². The molecule has 6 nitrogen and oxygen atoms in total. The number of aryl methyl sites for hydroxylation is 3. The molecule has 28 heavy (non-hydrogen) atoms. The molecule has 1 N–H and O–H groups in total. The maximum atomic E-state index is 12.8. The van der Waals surface area contributed by atoms with E-state index in [-0.39, 0.29) is 0 Å². The Kier molecular flexibility index (Phi) is 4.39. The van der Waals surface area contributed by atoms with Crippen LogP contribution in [-0.4, -0.2) is 22.8 Å². The summed E-state index contributed by atoms with van der Waals surface area (Å²) in [6.45, 7) is 5.69. The highest BCUT2D eigenvalue weighted by Crippen LogP contribution is 2.25. The van der Waals surface area contributed by atoms with Crippen molar-refractivity contribution >= 4 is 21.5 Å². The molecule has 2 aromatic heterocycles. The highest BCUT2D eigenvalue weighted by atomic mass is 32.2. The van der Waals surface area contributed by atoms with Crippen LogP contribution in [0.15, 0.2) is 66.0 Å². The van der Waals surface area contributed by atoms with Crippen LogP contribution in [0.2, 0.25) is 0 Å². The van der Waals surface area contributed by atoms with Gasteiger partial charge in [-0.05, 0) is 61.7 Å². The smallest absolute Gasteiger partial charge is 0.262 e. The van der Waals surface area contributed by atoms with Crippen LogP contribution in [0.5, 0.6) is 0 Å². The normalized spacial score (nSPS) is 11.7. The fourth-order valence-electron chi connectivity index (χ4n) is 3.11. The van der Waals surface area contributed by atoms with Crippen LogP contribution < -0.4 is 4.72 Å². The van der Waals surface area contributed by atoms with Crippen molar-refractivity contribution in [1.29, 1.82) is 0 Å². The molecule has 2 heterocycles. The van der Waals surface area contributed by atoms with E-state index in [0.29, 0.717) is 16.4 Å². The van der Waals surface area contributed by atoms with Crippen molar-refractivity contribution in [1.82, 2.24) is 14.4 Å². The number of hydrogen-bond acceptors (Lipinski definition) is 4. The number of anilines is 1. The molecule has 4 aromatic rings. The van der Waals surface area contributed by atoms with E-state index in [1.54, 1.807) is 24.4 Å². The van der Waals surface area contributed by atoms with E-state index in [9.17, 15) is 8.42 Å². The number of imidazole rings is 1. The van der Waals surface area contributed by atoms with Crippen molar-refractivity contribution < 1.29 is 8.42 Å². The largest absolute Gasteiger partial charge is 0.291 e. The van der Waals surface area contributed by atoms with Crippen LogP contribution in [0.4, 0.5) is 5.69 Å². The molecular weight excluding hydrogens is 372 g/mol. The quantitative estimate of drug-likeness (QED) is 0.567. The minimum atomic E-state index is -3.66. The van der Waals surface area contributed by atoms with Crippen molar-refractivity contribution in [3.63, 3.8) is 0 Å². The predicted octanol–water partition coefficient (Wildman–Crippen LogP) is 4.12. The summed E-state index contributed by atoms with van der Waals surface area (Å²) in [6.07, 6.45) is 5.46. The molecule has 0 aliphatic carbocycles. The van der Waals surface area contributed by atoms with Crippen LogP contribution >= 0.6 is 0 Å². The Morgan fingerprint density at radius 2 is 1.68 bits per heavy atom. The average Bonchev–Trinajstić information content (AvgIpc) is 3.09. The first-order valence-corrected chi connectivity index (χ1v) is 10.3. The fraction of sp³-hybridized carbons (Fsp3) is 0.143. The summed E-state index contributed by atoms with van der Waals surface area (Å²) in [4.78, 5) is 8.98. The lowest BCUT2D eigenvalue weighted by atomic mass is 10.1. The third-order valence-corrected chi connectivity index (χ3v) is 6.27. The molecule has 0 saturated heterocycles. The third kappa shape index (κ3) is 3.36. The molecule has 0 aliphatic rings. The van der Waals surface area contributed by atoms with Crippen molar-refractivity contribution in [3.8, 4) is 11.3 Å². The number of hydrogen-bond donors (Lipinski definition) is 1. The molecule has 0 aliphatic heterocycles. The van der Waals surface area contributed by atoms with E-state index in [4.69, 9.17) is 0 Å². The minimum Gasteiger partial charge on any atom is -0.291 e. The Bertz CT molecular complexity index is 1240. The topological polar surface area (TPSA) is 76.4 Å². The van der Waals surface area contributed by atoms with Gasteiger partial charge in [-0.3, -0.25) is 9.12 Å². The number of nitrogens with zero attached hydrogens (tertiary/aromatic N) is 3. The summed E-state index contributed by atoms with van der Waals surface area (Å²) in [5, 5.41) is 0. The van der Waals surface area contributed by atoms with Gasteiger partial charge in [-0.15, -0.1) is 0 Å². The second-order valence-electron chi connectivity index (χ2n) is 6.84. The Labute approximate surface area is 164 Å². The van der Waals surface area contributed by atoms with E-state index in [2.05, 4.69) is 14.7 Å². The average molecular weight is 392 g/mol. The first-order chi connectivity index (χ1) is 13.3. The summed E-state index contributed by atoms with van der Waals surface area (Å²) in [5.41, 5.74) is 4.91. The number of benzene rings is 2. The zero-order valence-electron chi connectivity index (χ0n) is 15.8. The number of nitrogens with one attached hydrogen (secondary N) is 1. The molecule has 0 radical (unpaired) electrons. The standard InChI is InChI=1S/C21H20N4O2S/c1-14-11-16(3)20(12-15(14)2)28(26,27)24-18-7-5-17(6-8-18)19-13-25-10-4-9-22-21(25)23-19/h4-13,24H,1-3H3. The molecule has 0 saturated carbocycles. The highest BCUT2D eigenvalue weighted by Gasteiger charge is 2.18. The minimum absolute atomic E-state index is 0.297. The van der Waals surface area contributed by atoms with E-state index < -0.39 is 10.0 Å². The summed E-state index contributed by atoms with van der Waals surface area (Å²) >= 11 is 0. The lowest BCUT2D eigenvalue weighted by Crippen LogP contribution is -2.14. The summed E-state index contributed by atoms with van der Waals surface area (Å²) in [5.74, 6) is 0.618. The lowest BCUT2D eigenvalue weighted by molar-refractivity contribution is 0.600. The van der Waals surface area contributed by atoms with Gasteiger partial charge in [0.25, 0.3) is 10.0 Å². The number of fused-ring (bicyclic) bond motifs is 1. The highest BCUT2D eigenvalue weighted by molar-refractivity contribution is 7.92. The predicted molar refractivity (Wildman–Crippen MR) is 110 cm³/mol. The molecule has 0 fully saturated rings. The van der Waals surface area contributed by atoms with E-state index in [0.717, 1.165) is 27.9 Å². The molecular formula is C21H20N4O2S. The SMILES string of the molecule is Cc1cc(C)c(S(=O)(=O)Nc2ccc(-c3cn4cccnc4n3)cc2)cc1C. The van der Waals surface area contributed by atoms with E-state index >= 15 is 0 Å². The van der Waals surface area contributed by atoms with Gasteiger partial charge in [-0.2, -0.15) is 0 Å². The Morgan fingerprint density at radius 1 is 0.964 bits per heavy atom. The molecule has 0 atom stereocenters. The third-order valence-electron chi connectivity index (χ3n) is 4.75. The number of aromatic nitrogens is 3. The summed E-state index contributed by atoms with van der Waals surface area (Å²) in [7, 11) is -3.66. The Morgan fingerprint density at radius 3 is 2.39 bits per heavy atom. The molecule has 0 amide bonds. The zero-order valence-corrected chi connectivity index (χ0v) is 16.7. The van der Waals surface area contributed by atoms with Gasteiger partial charge in [0.2, 0.25) is 5.78 Å². The van der Waals surface area contributed by atoms with Gasteiger partial charge in [0.1, 0.15) is 0 Å². The molecule has 7 heteroatoms. The summed E-state index contributed by atoms with van der Waals surface area (Å²) < 4.78 is 30.1. The van der Waals surface area contributed by atoms with Crippen LogP contribution in [0.25, 0.3) is 17.0 Å². The maximum absolute atomic E-state index is 12.8. The van der Waals surface area contributed by atoms with Crippen molar-refractivity contribution in [3.05, 3.63) is 77.7 Å². The van der Waals surface area contributed by atoms with Crippen LogP contribution in [-0.2, 0) is 10.0 Å². The van der Waals surface area contributed by atoms with Gasteiger partial charge in [0, 0.05) is 29.8 Å². The molecule has 142 valence electrons. The van der Waals surface area contributed by atoms with Crippen molar-refractivity contribution in [2.24, 2.45) is 0 Å². The molecule has 4 rings (SSSR count). The van der Waals surface area contributed by atoms with Crippen LogP contribution in [0, 0.1) is 20.8 Å². The maximum Gasteiger partial charge on any atom is 0.262 e. The number of rotatable bonds is 4. The second kappa shape index (κ2) is 6.76. The lowest BCUT2D eigenvalue weighted by Gasteiger charge is -2.13. The van der Waals surface area contributed by atoms with Crippen molar-refractivity contribution in [2.45, 2.75) is 25.7 Å². The van der Waals surface area contributed by atoms with Gasteiger partial charge in [0.05, 0.1) is 10.6 Å². The van der Waals surface area contributed by atoms with Gasteiger partial charge in [0.15, 0.2) is 0 Å². The Hall–Kier alpha value is -3.19. The second-order valence-corrected chi connectivity index (χ2v) is 8.49. The zero-order chi connectivity index (χ0) is 19.9. The van der Waals surface area contributed by atoms with Crippen LogP contribution in [0.1, 0.15) is 16.7 Å². The first-order valence-electron chi connectivity index (χ1n) is 8.84. The molecule has 0 unspecified atom stereocenters. The van der Waals surface area contributed by atoms with Crippen molar-refractivity contribution in [2.75, 3.05) is 4.72 Å².